The lowest BCUT2D eigenvalue weighted by atomic mass is 10.1. The molecule has 9 nitrogen and oxygen atoms in total. The number of rotatable bonds is 4. The van der Waals surface area contributed by atoms with E-state index in [0.717, 1.165) is 6.07 Å². The summed E-state index contributed by atoms with van der Waals surface area (Å²) < 4.78 is 10.1. The summed E-state index contributed by atoms with van der Waals surface area (Å²) in [7, 11) is 1.30. The number of nitro benzene ring substituents is 1. The molecule has 1 aromatic carbocycles. The number of nitro groups is 1. The van der Waals surface area contributed by atoms with E-state index in [1.54, 1.807) is 6.92 Å². The average Bonchev–Trinajstić information content (AvgIpc) is 2.52. The van der Waals surface area contributed by atoms with Crippen molar-refractivity contribution < 1.29 is 29.1 Å². The van der Waals surface area contributed by atoms with Crippen molar-refractivity contribution in [1.29, 1.82) is 0 Å². The largest absolute Gasteiger partial charge is 0.490 e. The molecular formula is C14H16N2O7. The molecule has 0 radical (unpaired) electrons. The Hall–Kier alpha value is -2.68. The lowest BCUT2D eigenvalue weighted by Crippen LogP contribution is -2.51. The van der Waals surface area contributed by atoms with Crippen molar-refractivity contribution in [1.82, 2.24) is 4.90 Å². The third-order valence-electron chi connectivity index (χ3n) is 3.45. The molecule has 1 aliphatic rings. The fourth-order valence-electron chi connectivity index (χ4n) is 2.40. The number of ether oxygens (including phenoxy) is 2. The number of hydrogen-bond acceptors (Lipinski definition) is 6. The van der Waals surface area contributed by atoms with Gasteiger partial charge in [0.05, 0.1) is 24.7 Å². The summed E-state index contributed by atoms with van der Waals surface area (Å²) in [5.41, 5.74) is -0.231. The molecule has 0 aliphatic carbocycles. The SMILES string of the molecule is COc1ccc(C(=O)N2CC(C(=O)O)O[C@H](C)C2)cc1[N+](=O)[O-]. The molecular weight excluding hydrogens is 308 g/mol. The van der Waals surface area contributed by atoms with E-state index in [1.165, 1.54) is 24.1 Å². The number of benzene rings is 1. The minimum atomic E-state index is -1.16. The molecule has 1 N–H and O–H groups in total. The zero-order chi connectivity index (χ0) is 17.1. The number of hydrogen-bond donors (Lipinski definition) is 1. The Morgan fingerprint density at radius 3 is 2.70 bits per heavy atom. The van der Waals surface area contributed by atoms with E-state index in [0.29, 0.717) is 0 Å². The molecule has 2 rings (SSSR count). The number of aliphatic carboxylic acids is 1. The third kappa shape index (κ3) is 3.57. The lowest BCUT2D eigenvalue weighted by molar-refractivity contribution is -0.385. The Balaban J connectivity index is 2.27. The van der Waals surface area contributed by atoms with Crippen molar-refractivity contribution in [3.05, 3.63) is 33.9 Å². The molecule has 9 heteroatoms. The quantitative estimate of drug-likeness (QED) is 0.646. The number of carboxylic acids is 1. The molecule has 23 heavy (non-hydrogen) atoms. The van der Waals surface area contributed by atoms with E-state index in [2.05, 4.69) is 0 Å². The van der Waals surface area contributed by atoms with Crippen LogP contribution in [0.15, 0.2) is 18.2 Å². The van der Waals surface area contributed by atoms with Gasteiger partial charge in [0, 0.05) is 18.2 Å². The molecule has 2 atom stereocenters. The van der Waals surface area contributed by atoms with Crippen LogP contribution in [0.1, 0.15) is 17.3 Å². The summed E-state index contributed by atoms with van der Waals surface area (Å²) in [6.45, 7) is 1.76. The van der Waals surface area contributed by atoms with Crippen LogP contribution in [-0.2, 0) is 9.53 Å². The third-order valence-corrected chi connectivity index (χ3v) is 3.45. The van der Waals surface area contributed by atoms with Gasteiger partial charge >= 0.3 is 11.7 Å². The van der Waals surface area contributed by atoms with E-state index in [1.807, 2.05) is 0 Å². The van der Waals surface area contributed by atoms with E-state index in [-0.39, 0.29) is 30.1 Å². The highest BCUT2D eigenvalue weighted by Gasteiger charge is 2.33. The molecule has 1 saturated heterocycles. The Morgan fingerprint density at radius 2 is 2.13 bits per heavy atom. The predicted octanol–water partition coefficient (Wildman–Crippen LogP) is 0.917. The van der Waals surface area contributed by atoms with E-state index in [4.69, 9.17) is 14.6 Å². The normalized spacial score (nSPS) is 20.9. The van der Waals surface area contributed by atoms with Gasteiger partial charge in [0.25, 0.3) is 5.91 Å². The van der Waals surface area contributed by atoms with Gasteiger partial charge in [-0.25, -0.2) is 4.79 Å². The maximum atomic E-state index is 12.5. The van der Waals surface area contributed by atoms with Crippen LogP contribution in [0.25, 0.3) is 0 Å². The number of carbonyl (C=O) groups is 2. The van der Waals surface area contributed by atoms with Crippen LogP contribution >= 0.6 is 0 Å². The topological polar surface area (TPSA) is 119 Å². The minimum absolute atomic E-state index is 0.0466. The molecule has 1 heterocycles. The van der Waals surface area contributed by atoms with Gasteiger partial charge in [-0.05, 0) is 19.1 Å². The molecule has 0 bridgehead atoms. The maximum Gasteiger partial charge on any atom is 0.334 e. The van der Waals surface area contributed by atoms with E-state index < -0.39 is 29.0 Å². The number of carboxylic acid groups (broad SMARTS) is 1. The highest BCUT2D eigenvalue weighted by atomic mass is 16.6. The van der Waals surface area contributed by atoms with Crippen LogP contribution < -0.4 is 4.74 Å². The lowest BCUT2D eigenvalue weighted by Gasteiger charge is -2.34. The van der Waals surface area contributed by atoms with Crippen LogP contribution in [0.5, 0.6) is 5.75 Å². The fourth-order valence-corrected chi connectivity index (χ4v) is 2.40. The molecule has 1 aromatic rings. The van der Waals surface area contributed by atoms with Crippen LogP contribution in [0.2, 0.25) is 0 Å². The van der Waals surface area contributed by atoms with Crippen molar-refractivity contribution in [2.45, 2.75) is 19.1 Å². The first-order chi connectivity index (χ1) is 10.8. The van der Waals surface area contributed by atoms with Gasteiger partial charge in [0.15, 0.2) is 11.9 Å². The van der Waals surface area contributed by atoms with Gasteiger partial charge < -0.3 is 19.5 Å². The van der Waals surface area contributed by atoms with Crippen molar-refractivity contribution >= 4 is 17.6 Å². The Kier molecular flexibility index (Phi) is 4.80. The van der Waals surface area contributed by atoms with Crippen LogP contribution in [-0.4, -0.2) is 59.2 Å². The molecule has 0 saturated carbocycles. The van der Waals surface area contributed by atoms with Crippen molar-refractivity contribution in [3.8, 4) is 5.75 Å². The number of carbonyl (C=O) groups excluding carboxylic acids is 1. The average molecular weight is 324 g/mol. The summed E-state index contributed by atoms with van der Waals surface area (Å²) in [5.74, 6) is -1.60. The molecule has 0 aromatic heterocycles. The minimum Gasteiger partial charge on any atom is -0.490 e. The van der Waals surface area contributed by atoms with E-state index >= 15 is 0 Å². The number of nitrogens with zero attached hydrogens (tertiary/aromatic N) is 2. The first-order valence-corrected chi connectivity index (χ1v) is 6.83. The Labute approximate surface area is 131 Å². The summed E-state index contributed by atoms with van der Waals surface area (Å²) >= 11 is 0. The summed E-state index contributed by atoms with van der Waals surface area (Å²) in [5, 5.41) is 20.1. The second kappa shape index (κ2) is 6.61. The number of methoxy groups -OCH3 is 1. The highest BCUT2D eigenvalue weighted by Crippen LogP contribution is 2.28. The number of amides is 1. The smallest absolute Gasteiger partial charge is 0.334 e. The van der Waals surface area contributed by atoms with Crippen LogP contribution in [0, 0.1) is 10.1 Å². The second-order valence-electron chi connectivity index (χ2n) is 5.13. The van der Waals surface area contributed by atoms with Crippen LogP contribution in [0.3, 0.4) is 0 Å². The Bertz CT molecular complexity index is 646. The zero-order valence-electron chi connectivity index (χ0n) is 12.6. The monoisotopic (exact) mass is 324 g/mol. The van der Waals surface area contributed by atoms with Crippen LogP contribution in [0.4, 0.5) is 5.69 Å². The van der Waals surface area contributed by atoms with Gasteiger partial charge in [-0.2, -0.15) is 0 Å². The second-order valence-corrected chi connectivity index (χ2v) is 5.13. The van der Waals surface area contributed by atoms with Gasteiger partial charge in [-0.15, -0.1) is 0 Å². The summed E-state index contributed by atoms with van der Waals surface area (Å²) in [6, 6.07) is 3.87. The van der Waals surface area contributed by atoms with Gasteiger partial charge in [-0.3, -0.25) is 14.9 Å². The maximum absolute atomic E-state index is 12.5. The van der Waals surface area contributed by atoms with Crippen molar-refractivity contribution in [2.24, 2.45) is 0 Å². The standard InChI is InChI=1S/C14H16N2O7/c1-8-6-15(7-12(23-8)14(18)19)13(17)9-3-4-11(22-2)10(5-9)16(20)21/h3-5,8,12H,6-7H2,1-2H3,(H,18,19)/t8-,12?/m1/s1. The first-order valence-electron chi connectivity index (χ1n) is 6.83. The summed E-state index contributed by atoms with van der Waals surface area (Å²) in [4.78, 5) is 35.3. The zero-order valence-corrected chi connectivity index (χ0v) is 12.6. The molecule has 0 spiro atoms. The molecule has 1 amide bonds. The first kappa shape index (κ1) is 16.7. The number of morpholine rings is 1. The predicted molar refractivity (Wildman–Crippen MR) is 77.5 cm³/mol. The van der Waals surface area contributed by atoms with Gasteiger partial charge in [0.1, 0.15) is 0 Å². The van der Waals surface area contributed by atoms with Gasteiger partial charge in [0.2, 0.25) is 0 Å². The highest BCUT2D eigenvalue weighted by molar-refractivity contribution is 5.95. The molecule has 1 unspecified atom stereocenters. The molecule has 1 fully saturated rings. The van der Waals surface area contributed by atoms with E-state index in [9.17, 15) is 19.7 Å². The Morgan fingerprint density at radius 1 is 1.43 bits per heavy atom. The van der Waals surface area contributed by atoms with Crippen molar-refractivity contribution in [3.63, 3.8) is 0 Å². The fraction of sp³-hybridized carbons (Fsp3) is 0.429. The molecule has 1 aliphatic heterocycles. The summed E-state index contributed by atoms with van der Waals surface area (Å²) in [6.07, 6.45) is -1.56. The molecule has 124 valence electrons. The van der Waals surface area contributed by atoms with Crippen molar-refractivity contribution in [2.75, 3.05) is 20.2 Å². The van der Waals surface area contributed by atoms with Gasteiger partial charge in [-0.1, -0.05) is 0 Å².